The Hall–Kier alpha value is -2.34. The molecule has 0 aliphatic heterocycles. The third-order valence-corrected chi connectivity index (χ3v) is 3.21. The van der Waals surface area contributed by atoms with E-state index in [0.29, 0.717) is 5.56 Å². The Morgan fingerprint density at radius 3 is 2.38 bits per heavy atom. The van der Waals surface area contributed by atoms with E-state index in [1.54, 1.807) is 0 Å². The van der Waals surface area contributed by atoms with E-state index in [1.807, 2.05) is 0 Å². The van der Waals surface area contributed by atoms with Gasteiger partial charge in [-0.2, -0.15) is 0 Å². The quantitative estimate of drug-likeness (QED) is 0.693. The van der Waals surface area contributed by atoms with Crippen molar-refractivity contribution in [3.8, 4) is 0 Å². The van der Waals surface area contributed by atoms with Gasteiger partial charge in [-0.1, -0.05) is 12.1 Å². The number of rotatable bonds is 4. The van der Waals surface area contributed by atoms with Crippen LogP contribution in [0.5, 0.6) is 0 Å². The fourth-order valence-corrected chi connectivity index (χ4v) is 2.02. The number of aliphatic hydroxyl groups is 1. The minimum absolute atomic E-state index is 0.00672. The molecule has 21 heavy (non-hydrogen) atoms. The summed E-state index contributed by atoms with van der Waals surface area (Å²) in [4.78, 5) is 10.0. The summed E-state index contributed by atoms with van der Waals surface area (Å²) in [7, 11) is 0. The number of aryl methyl sites for hydroxylation is 1. The number of non-ortho nitro benzene ring substituents is 1. The van der Waals surface area contributed by atoms with E-state index in [0.717, 1.165) is 6.07 Å². The summed E-state index contributed by atoms with van der Waals surface area (Å²) in [6.07, 6.45) is -1.06. The first-order chi connectivity index (χ1) is 9.88. The molecular formula is C15H13F2NO3. The predicted octanol–water partition coefficient (Wildman–Crippen LogP) is 3.46. The fraction of sp³-hybridized carbons (Fsp3) is 0.200. The van der Waals surface area contributed by atoms with Crippen molar-refractivity contribution in [3.05, 3.63) is 74.8 Å². The highest BCUT2D eigenvalue weighted by Crippen LogP contribution is 2.24. The van der Waals surface area contributed by atoms with Crippen LogP contribution in [0, 0.1) is 28.7 Å². The van der Waals surface area contributed by atoms with Gasteiger partial charge in [-0.3, -0.25) is 10.1 Å². The van der Waals surface area contributed by atoms with E-state index >= 15 is 0 Å². The third-order valence-electron chi connectivity index (χ3n) is 3.21. The maximum atomic E-state index is 13.7. The first-order valence-electron chi connectivity index (χ1n) is 6.25. The zero-order chi connectivity index (χ0) is 15.6. The molecule has 1 unspecified atom stereocenters. The molecule has 110 valence electrons. The number of hydrogen-bond acceptors (Lipinski definition) is 3. The standard InChI is InChI=1S/C15H13F2NO3/c1-9-6-12(14(17)8-13(9)16)15(19)7-10-2-4-11(5-3-10)18(20)21/h2-6,8,15,19H,7H2,1H3. The monoisotopic (exact) mass is 293 g/mol. The van der Waals surface area contributed by atoms with E-state index in [4.69, 9.17) is 0 Å². The lowest BCUT2D eigenvalue weighted by atomic mass is 9.99. The Kier molecular flexibility index (Phi) is 4.28. The van der Waals surface area contributed by atoms with Crippen molar-refractivity contribution in [1.82, 2.24) is 0 Å². The maximum absolute atomic E-state index is 13.7. The number of halogens is 2. The van der Waals surface area contributed by atoms with Gasteiger partial charge in [0.1, 0.15) is 11.6 Å². The molecule has 0 amide bonds. The number of nitro benzene ring substituents is 1. The van der Waals surface area contributed by atoms with Crippen LogP contribution in [0.3, 0.4) is 0 Å². The number of nitrogens with zero attached hydrogens (tertiary/aromatic N) is 1. The molecule has 2 aromatic carbocycles. The molecule has 1 atom stereocenters. The second kappa shape index (κ2) is 5.97. The molecule has 2 rings (SSSR count). The number of aliphatic hydroxyl groups excluding tert-OH is 1. The molecule has 0 fully saturated rings. The smallest absolute Gasteiger partial charge is 0.269 e. The van der Waals surface area contributed by atoms with Gasteiger partial charge >= 0.3 is 0 Å². The lowest BCUT2D eigenvalue weighted by Crippen LogP contribution is -2.06. The van der Waals surface area contributed by atoms with Gasteiger partial charge in [-0.05, 0) is 24.1 Å². The molecule has 0 spiro atoms. The third kappa shape index (κ3) is 3.41. The van der Waals surface area contributed by atoms with Crippen LogP contribution < -0.4 is 0 Å². The Labute approximate surface area is 119 Å². The van der Waals surface area contributed by atoms with E-state index < -0.39 is 22.7 Å². The SMILES string of the molecule is Cc1cc(C(O)Cc2ccc([N+](=O)[O-])cc2)c(F)cc1F. The summed E-state index contributed by atoms with van der Waals surface area (Å²) in [5.74, 6) is -1.48. The second-order valence-electron chi connectivity index (χ2n) is 4.77. The van der Waals surface area contributed by atoms with Crippen molar-refractivity contribution < 1.29 is 18.8 Å². The van der Waals surface area contributed by atoms with Crippen LogP contribution in [0.25, 0.3) is 0 Å². The van der Waals surface area contributed by atoms with Crippen LogP contribution >= 0.6 is 0 Å². The molecule has 0 heterocycles. The van der Waals surface area contributed by atoms with Crippen molar-refractivity contribution in [2.75, 3.05) is 0 Å². The van der Waals surface area contributed by atoms with Crippen LogP contribution in [0.2, 0.25) is 0 Å². The molecule has 4 nitrogen and oxygen atoms in total. The Morgan fingerprint density at radius 2 is 1.81 bits per heavy atom. The zero-order valence-corrected chi connectivity index (χ0v) is 11.2. The second-order valence-corrected chi connectivity index (χ2v) is 4.77. The van der Waals surface area contributed by atoms with Crippen LogP contribution in [-0.2, 0) is 6.42 Å². The summed E-state index contributed by atoms with van der Waals surface area (Å²) in [6.45, 7) is 1.48. The summed E-state index contributed by atoms with van der Waals surface area (Å²) in [5.41, 5.74) is 0.813. The molecule has 0 saturated heterocycles. The highest BCUT2D eigenvalue weighted by Gasteiger charge is 2.16. The van der Waals surface area contributed by atoms with Crippen LogP contribution in [-0.4, -0.2) is 10.0 Å². The van der Waals surface area contributed by atoms with Crippen LogP contribution in [0.15, 0.2) is 36.4 Å². The van der Waals surface area contributed by atoms with Gasteiger partial charge < -0.3 is 5.11 Å². The minimum atomic E-state index is -1.15. The van der Waals surface area contributed by atoms with Crippen molar-refractivity contribution in [3.63, 3.8) is 0 Å². The summed E-state index contributed by atoms with van der Waals surface area (Å²) < 4.78 is 26.8. The number of nitro groups is 1. The van der Waals surface area contributed by atoms with Crippen molar-refractivity contribution in [2.24, 2.45) is 0 Å². The molecule has 0 aromatic heterocycles. The number of benzene rings is 2. The van der Waals surface area contributed by atoms with Crippen molar-refractivity contribution >= 4 is 5.69 Å². The van der Waals surface area contributed by atoms with E-state index in [-0.39, 0.29) is 23.2 Å². The van der Waals surface area contributed by atoms with Crippen molar-refractivity contribution in [1.29, 1.82) is 0 Å². The summed E-state index contributed by atoms with van der Waals surface area (Å²) in [5, 5.41) is 20.6. The largest absolute Gasteiger partial charge is 0.388 e. The van der Waals surface area contributed by atoms with E-state index in [2.05, 4.69) is 0 Å². The van der Waals surface area contributed by atoms with Crippen LogP contribution in [0.4, 0.5) is 14.5 Å². The van der Waals surface area contributed by atoms with E-state index in [1.165, 1.54) is 37.3 Å². The van der Waals surface area contributed by atoms with Gasteiger partial charge in [0.25, 0.3) is 5.69 Å². The molecule has 0 aliphatic rings. The normalized spacial score (nSPS) is 12.2. The first-order valence-corrected chi connectivity index (χ1v) is 6.25. The highest BCUT2D eigenvalue weighted by molar-refractivity contribution is 5.34. The zero-order valence-electron chi connectivity index (χ0n) is 11.2. The Bertz CT molecular complexity index is 671. The molecular weight excluding hydrogens is 280 g/mol. The van der Waals surface area contributed by atoms with Gasteiger partial charge in [0.05, 0.1) is 11.0 Å². The fourth-order valence-electron chi connectivity index (χ4n) is 2.02. The lowest BCUT2D eigenvalue weighted by molar-refractivity contribution is -0.384. The van der Waals surface area contributed by atoms with Crippen molar-refractivity contribution in [2.45, 2.75) is 19.4 Å². The van der Waals surface area contributed by atoms with Gasteiger partial charge in [0.2, 0.25) is 0 Å². The molecule has 6 heteroatoms. The maximum Gasteiger partial charge on any atom is 0.269 e. The van der Waals surface area contributed by atoms with Gasteiger partial charge in [0, 0.05) is 30.2 Å². The van der Waals surface area contributed by atoms with Gasteiger partial charge in [-0.15, -0.1) is 0 Å². The summed E-state index contributed by atoms with van der Waals surface area (Å²) >= 11 is 0. The molecule has 1 N–H and O–H groups in total. The average molecular weight is 293 g/mol. The Morgan fingerprint density at radius 1 is 1.19 bits per heavy atom. The van der Waals surface area contributed by atoms with E-state index in [9.17, 15) is 24.0 Å². The Balaban J connectivity index is 2.19. The van der Waals surface area contributed by atoms with Gasteiger partial charge in [-0.25, -0.2) is 8.78 Å². The summed E-state index contributed by atoms with van der Waals surface area (Å²) in [6, 6.07) is 7.62. The molecule has 0 aliphatic carbocycles. The average Bonchev–Trinajstić information content (AvgIpc) is 2.43. The molecule has 0 radical (unpaired) electrons. The minimum Gasteiger partial charge on any atom is -0.388 e. The first kappa shape index (κ1) is 15.1. The predicted molar refractivity (Wildman–Crippen MR) is 72.9 cm³/mol. The molecule has 0 saturated carbocycles. The topological polar surface area (TPSA) is 63.4 Å². The van der Waals surface area contributed by atoms with Gasteiger partial charge in [0.15, 0.2) is 0 Å². The molecule has 2 aromatic rings. The number of hydrogen-bond donors (Lipinski definition) is 1. The lowest BCUT2D eigenvalue weighted by Gasteiger charge is -2.13. The highest BCUT2D eigenvalue weighted by atomic mass is 19.1. The molecule has 0 bridgehead atoms. The van der Waals surface area contributed by atoms with Crippen LogP contribution in [0.1, 0.15) is 22.8 Å².